The molecule has 4 nitrogen and oxygen atoms in total. The van der Waals surface area contributed by atoms with Crippen molar-refractivity contribution in [1.29, 1.82) is 0 Å². The maximum absolute atomic E-state index is 5.27. The summed E-state index contributed by atoms with van der Waals surface area (Å²) >= 11 is 4.97. The number of rotatable bonds is 4. The van der Waals surface area contributed by atoms with Crippen LogP contribution in [0.1, 0.15) is 6.42 Å². The predicted octanol–water partition coefficient (Wildman–Crippen LogP) is -0.197. The van der Waals surface area contributed by atoms with Crippen LogP contribution in [0.3, 0.4) is 0 Å². The van der Waals surface area contributed by atoms with Crippen molar-refractivity contribution in [2.24, 2.45) is 0 Å². The minimum Gasteiger partial charge on any atom is -0.379 e. The zero-order valence-electron chi connectivity index (χ0n) is 8.71. The first-order chi connectivity index (χ1) is 6.83. The summed E-state index contributed by atoms with van der Waals surface area (Å²) in [6, 6.07) is 0. The highest BCUT2D eigenvalue weighted by Crippen LogP contribution is 1.96. The Morgan fingerprint density at radius 3 is 2.79 bits per heavy atom. The van der Waals surface area contributed by atoms with Gasteiger partial charge in [-0.25, -0.2) is 0 Å². The maximum atomic E-state index is 5.27. The number of hydrogen-bond acceptors (Lipinski definition) is 3. The standard InChI is InChI=1S/C9H19N3OS/c1-10-9(14)11-3-2-4-12-5-7-13-8-6-12/h2-8H2,1H3,(H2,10,11,14). The van der Waals surface area contributed by atoms with E-state index in [1.165, 1.54) is 0 Å². The molecule has 0 spiro atoms. The fraction of sp³-hybridized carbons (Fsp3) is 0.889. The van der Waals surface area contributed by atoms with Crippen molar-refractivity contribution in [3.05, 3.63) is 0 Å². The first-order valence-electron chi connectivity index (χ1n) is 5.08. The summed E-state index contributed by atoms with van der Waals surface area (Å²) in [7, 11) is 1.83. The van der Waals surface area contributed by atoms with Gasteiger partial charge in [-0.3, -0.25) is 4.90 Å². The fourth-order valence-electron chi connectivity index (χ4n) is 1.42. The van der Waals surface area contributed by atoms with Crippen LogP contribution < -0.4 is 10.6 Å². The van der Waals surface area contributed by atoms with E-state index >= 15 is 0 Å². The molecule has 1 fully saturated rings. The van der Waals surface area contributed by atoms with E-state index in [2.05, 4.69) is 15.5 Å². The number of nitrogens with zero attached hydrogens (tertiary/aromatic N) is 1. The van der Waals surface area contributed by atoms with Gasteiger partial charge in [0.05, 0.1) is 13.2 Å². The van der Waals surface area contributed by atoms with E-state index in [1.807, 2.05) is 7.05 Å². The molecule has 2 N–H and O–H groups in total. The smallest absolute Gasteiger partial charge is 0.166 e. The third-order valence-electron chi connectivity index (χ3n) is 2.27. The molecular formula is C9H19N3OS. The van der Waals surface area contributed by atoms with Gasteiger partial charge in [-0.1, -0.05) is 0 Å². The Morgan fingerprint density at radius 2 is 2.14 bits per heavy atom. The van der Waals surface area contributed by atoms with Crippen molar-refractivity contribution in [2.75, 3.05) is 46.4 Å². The molecule has 1 rings (SSSR count). The lowest BCUT2D eigenvalue weighted by Gasteiger charge is -2.26. The molecule has 1 aliphatic rings. The summed E-state index contributed by atoms with van der Waals surface area (Å²) < 4.78 is 5.27. The molecule has 0 aliphatic carbocycles. The number of morpholine rings is 1. The van der Waals surface area contributed by atoms with Crippen LogP contribution in [0, 0.1) is 0 Å². The van der Waals surface area contributed by atoms with Crippen molar-refractivity contribution in [2.45, 2.75) is 6.42 Å². The molecule has 0 saturated carbocycles. The number of thiocarbonyl (C=S) groups is 1. The Kier molecular flexibility index (Phi) is 5.82. The number of ether oxygens (including phenoxy) is 1. The molecule has 1 heterocycles. The zero-order chi connectivity index (χ0) is 10.2. The van der Waals surface area contributed by atoms with Crippen molar-refractivity contribution in [1.82, 2.24) is 15.5 Å². The zero-order valence-corrected chi connectivity index (χ0v) is 9.53. The Labute approximate surface area is 91.0 Å². The molecule has 5 heteroatoms. The molecule has 0 amide bonds. The maximum Gasteiger partial charge on any atom is 0.166 e. The Bertz CT molecular complexity index is 171. The average Bonchev–Trinajstić information content (AvgIpc) is 2.25. The average molecular weight is 217 g/mol. The van der Waals surface area contributed by atoms with Gasteiger partial charge in [0.25, 0.3) is 0 Å². The summed E-state index contributed by atoms with van der Waals surface area (Å²) in [5.74, 6) is 0. The lowest BCUT2D eigenvalue weighted by Crippen LogP contribution is -2.39. The normalized spacial score (nSPS) is 17.8. The van der Waals surface area contributed by atoms with Crippen LogP contribution in [0.2, 0.25) is 0 Å². The molecule has 0 radical (unpaired) electrons. The SMILES string of the molecule is CNC(=S)NCCCN1CCOCC1. The Balaban J connectivity index is 1.94. The van der Waals surface area contributed by atoms with Crippen LogP contribution in [0.15, 0.2) is 0 Å². The number of hydrogen-bond donors (Lipinski definition) is 2. The van der Waals surface area contributed by atoms with Crippen molar-refractivity contribution in [3.8, 4) is 0 Å². The van der Waals surface area contributed by atoms with E-state index in [9.17, 15) is 0 Å². The molecule has 0 atom stereocenters. The minimum atomic E-state index is 0.729. The Hall–Kier alpha value is -0.390. The second kappa shape index (κ2) is 6.98. The molecule has 14 heavy (non-hydrogen) atoms. The van der Waals surface area contributed by atoms with Crippen molar-refractivity contribution < 1.29 is 4.74 Å². The third kappa shape index (κ3) is 4.74. The molecule has 1 saturated heterocycles. The molecule has 82 valence electrons. The molecule has 0 unspecified atom stereocenters. The lowest BCUT2D eigenvalue weighted by atomic mass is 10.3. The van der Waals surface area contributed by atoms with Crippen molar-refractivity contribution >= 4 is 17.3 Å². The summed E-state index contributed by atoms with van der Waals surface area (Å²) in [5, 5.41) is 6.75. The van der Waals surface area contributed by atoms with Crippen LogP contribution in [0.25, 0.3) is 0 Å². The highest BCUT2D eigenvalue weighted by molar-refractivity contribution is 7.80. The Morgan fingerprint density at radius 1 is 1.43 bits per heavy atom. The van der Waals surface area contributed by atoms with Gasteiger partial charge < -0.3 is 15.4 Å². The van der Waals surface area contributed by atoms with Crippen LogP contribution in [0.4, 0.5) is 0 Å². The summed E-state index contributed by atoms with van der Waals surface area (Å²) in [4.78, 5) is 2.42. The first-order valence-corrected chi connectivity index (χ1v) is 5.49. The van der Waals surface area contributed by atoms with Gasteiger partial charge in [0.2, 0.25) is 0 Å². The molecule has 0 aromatic heterocycles. The number of nitrogens with one attached hydrogen (secondary N) is 2. The molecule has 1 aliphatic heterocycles. The van der Waals surface area contributed by atoms with Gasteiger partial charge in [-0.05, 0) is 25.2 Å². The van der Waals surface area contributed by atoms with E-state index in [0.29, 0.717) is 0 Å². The fourth-order valence-corrected chi connectivity index (χ4v) is 1.52. The highest BCUT2D eigenvalue weighted by Gasteiger charge is 2.08. The lowest BCUT2D eigenvalue weighted by molar-refractivity contribution is 0.0376. The summed E-state index contributed by atoms with van der Waals surface area (Å²) in [6.07, 6.45) is 1.13. The summed E-state index contributed by atoms with van der Waals surface area (Å²) in [6.45, 7) is 5.96. The van der Waals surface area contributed by atoms with Gasteiger partial charge >= 0.3 is 0 Å². The monoisotopic (exact) mass is 217 g/mol. The van der Waals surface area contributed by atoms with Gasteiger partial charge in [0.1, 0.15) is 0 Å². The van der Waals surface area contributed by atoms with E-state index in [0.717, 1.165) is 50.9 Å². The summed E-state index contributed by atoms with van der Waals surface area (Å²) in [5.41, 5.74) is 0. The molecule has 0 aromatic carbocycles. The minimum absolute atomic E-state index is 0.729. The van der Waals surface area contributed by atoms with E-state index < -0.39 is 0 Å². The van der Waals surface area contributed by atoms with E-state index in [1.54, 1.807) is 0 Å². The quantitative estimate of drug-likeness (QED) is 0.504. The van der Waals surface area contributed by atoms with Crippen LogP contribution in [0.5, 0.6) is 0 Å². The highest BCUT2D eigenvalue weighted by atomic mass is 32.1. The van der Waals surface area contributed by atoms with Crippen LogP contribution in [-0.4, -0.2) is 56.5 Å². The van der Waals surface area contributed by atoms with Gasteiger partial charge in [-0.2, -0.15) is 0 Å². The second-order valence-corrected chi connectivity index (χ2v) is 3.72. The predicted molar refractivity (Wildman–Crippen MR) is 61.5 cm³/mol. The molecule has 0 aromatic rings. The molecular weight excluding hydrogens is 198 g/mol. The largest absolute Gasteiger partial charge is 0.379 e. The van der Waals surface area contributed by atoms with Crippen LogP contribution in [-0.2, 0) is 4.74 Å². The molecule has 0 bridgehead atoms. The van der Waals surface area contributed by atoms with E-state index in [4.69, 9.17) is 17.0 Å². The first kappa shape index (κ1) is 11.7. The van der Waals surface area contributed by atoms with Gasteiger partial charge in [-0.15, -0.1) is 0 Å². The van der Waals surface area contributed by atoms with E-state index in [-0.39, 0.29) is 0 Å². The van der Waals surface area contributed by atoms with Gasteiger partial charge in [0.15, 0.2) is 5.11 Å². The van der Waals surface area contributed by atoms with Crippen LogP contribution >= 0.6 is 12.2 Å². The van der Waals surface area contributed by atoms with Crippen molar-refractivity contribution in [3.63, 3.8) is 0 Å². The van der Waals surface area contributed by atoms with Gasteiger partial charge in [0, 0.05) is 26.7 Å². The third-order valence-corrected chi connectivity index (χ3v) is 2.62. The topological polar surface area (TPSA) is 36.5 Å². The second-order valence-electron chi connectivity index (χ2n) is 3.31.